The first-order valence-corrected chi connectivity index (χ1v) is 12.4. The summed E-state index contributed by atoms with van der Waals surface area (Å²) in [6, 6.07) is 7.14. The van der Waals surface area contributed by atoms with Crippen molar-refractivity contribution in [2.75, 3.05) is 20.1 Å². The van der Waals surface area contributed by atoms with Crippen LogP contribution in [0.1, 0.15) is 63.7 Å². The number of benzene rings is 1. The van der Waals surface area contributed by atoms with Crippen LogP contribution in [0.25, 0.3) is 0 Å². The molecule has 0 saturated carbocycles. The standard InChI is InChI=1S/C27H37N3O5/c1-18(2)23(29(4)25(32)16-28-17-31)15-19(3)26(33)30-14-8-12-22(30)27(34)35-24-13-7-10-20-9-5-6-11-21(20)24/h5-6,9,11,15,17-18,22-24H,7-8,10,12-14,16H2,1-4H3,(H,28,31)/b19-15+/t22-,23+,24?/m0/s1. The van der Waals surface area contributed by atoms with E-state index in [1.165, 1.54) is 10.5 Å². The first-order valence-electron chi connectivity index (χ1n) is 12.4. The highest BCUT2D eigenvalue weighted by Crippen LogP contribution is 2.34. The van der Waals surface area contributed by atoms with Gasteiger partial charge in [0.25, 0.3) is 0 Å². The summed E-state index contributed by atoms with van der Waals surface area (Å²) in [6.45, 7) is 6.05. The second-order valence-electron chi connectivity index (χ2n) is 9.76. The van der Waals surface area contributed by atoms with Gasteiger partial charge in [0.15, 0.2) is 0 Å². The second-order valence-corrected chi connectivity index (χ2v) is 9.76. The Kier molecular flexibility index (Phi) is 9.07. The monoisotopic (exact) mass is 483 g/mol. The molecule has 3 rings (SSSR count). The highest BCUT2D eigenvalue weighted by Gasteiger charge is 2.37. The SMILES string of the molecule is C/C(=C\[C@H](C(C)C)N(C)C(=O)CNC=O)C(=O)N1CCC[C@H]1C(=O)OC1CCCc2ccccc21. The molecule has 1 fully saturated rings. The molecular weight excluding hydrogens is 446 g/mol. The first-order chi connectivity index (χ1) is 16.7. The summed E-state index contributed by atoms with van der Waals surface area (Å²) in [5.74, 6) is -0.764. The molecule has 35 heavy (non-hydrogen) atoms. The molecule has 3 atom stereocenters. The summed E-state index contributed by atoms with van der Waals surface area (Å²) >= 11 is 0. The number of esters is 1. The van der Waals surface area contributed by atoms with Crippen LogP contribution in [0.3, 0.4) is 0 Å². The molecule has 1 aliphatic heterocycles. The number of carbonyl (C=O) groups excluding carboxylic acids is 4. The van der Waals surface area contributed by atoms with Gasteiger partial charge in [0.1, 0.15) is 12.1 Å². The number of nitrogens with one attached hydrogen (secondary N) is 1. The quantitative estimate of drug-likeness (QED) is 0.331. The van der Waals surface area contributed by atoms with Crippen LogP contribution in [-0.4, -0.2) is 66.2 Å². The third-order valence-electron chi connectivity index (χ3n) is 6.98. The number of hydrogen-bond donors (Lipinski definition) is 1. The van der Waals surface area contributed by atoms with Gasteiger partial charge in [0.05, 0.1) is 12.6 Å². The van der Waals surface area contributed by atoms with Crippen LogP contribution in [0.5, 0.6) is 0 Å². The Morgan fingerprint density at radius 1 is 1.20 bits per heavy atom. The van der Waals surface area contributed by atoms with Crippen molar-refractivity contribution in [2.45, 2.75) is 71.1 Å². The maximum atomic E-state index is 13.4. The minimum absolute atomic E-state index is 0.0497. The zero-order valence-electron chi connectivity index (χ0n) is 21.2. The predicted octanol–water partition coefficient (Wildman–Crippen LogP) is 2.77. The van der Waals surface area contributed by atoms with Crippen LogP contribution in [0, 0.1) is 5.92 Å². The van der Waals surface area contributed by atoms with Crippen LogP contribution < -0.4 is 5.32 Å². The second kappa shape index (κ2) is 12.0. The Balaban J connectivity index is 1.70. The molecule has 0 radical (unpaired) electrons. The van der Waals surface area contributed by atoms with Crippen LogP contribution >= 0.6 is 0 Å². The number of likely N-dealkylation sites (tertiary alicyclic amines) is 1. The molecule has 0 aromatic heterocycles. The van der Waals surface area contributed by atoms with E-state index in [9.17, 15) is 19.2 Å². The van der Waals surface area contributed by atoms with Crippen molar-refractivity contribution in [3.63, 3.8) is 0 Å². The van der Waals surface area contributed by atoms with E-state index in [2.05, 4.69) is 11.4 Å². The van der Waals surface area contributed by atoms with Gasteiger partial charge in [-0.15, -0.1) is 0 Å². The van der Waals surface area contributed by atoms with Crippen molar-refractivity contribution in [1.82, 2.24) is 15.1 Å². The normalized spacial score (nSPS) is 20.7. The van der Waals surface area contributed by atoms with Gasteiger partial charge in [-0.3, -0.25) is 14.4 Å². The molecule has 1 aliphatic carbocycles. The average Bonchev–Trinajstić information content (AvgIpc) is 3.35. The number of likely N-dealkylation sites (N-methyl/N-ethyl adjacent to an activating group) is 1. The van der Waals surface area contributed by atoms with Crippen molar-refractivity contribution in [2.24, 2.45) is 5.92 Å². The van der Waals surface area contributed by atoms with Crippen molar-refractivity contribution < 1.29 is 23.9 Å². The number of ether oxygens (including phenoxy) is 1. The highest BCUT2D eigenvalue weighted by molar-refractivity contribution is 5.96. The highest BCUT2D eigenvalue weighted by atomic mass is 16.5. The average molecular weight is 484 g/mol. The minimum atomic E-state index is -0.603. The van der Waals surface area contributed by atoms with Gasteiger partial charge < -0.3 is 19.9 Å². The summed E-state index contributed by atoms with van der Waals surface area (Å²) in [5, 5.41) is 2.38. The Labute approximate surface area is 207 Å². The van der Waals surface area contributed by atoms with E-state index in [4.69, 9.17) is 4.74 Å². The van der Waals surface area contributed by atoms with Crippen LogP contribution in [0.2, 0.25) is 0 Å². The van der Waals surface area contributed by atoms with E-state index in [1.54, 1.807) is 24.9 Å². The van der Waals surface area contributed by atoms with E-state index in [1.807, 2.05) is 32.0 Å². The fourth-order valence-electron chi connectivity index (χ4n) is 5.03. The van der Waals surface area contributed by atoms with Gasteiger partial charge in [-0.05, 0) is 56.1 Å². The molecule has 1 heterocycles. The molecule has 3 amide bonds. The molecule has 0 bridgehead atoms. The van der Waals surface area contributed by atoms with E-state index in [0.717, 1.165) is 31.2 Å². The van der Waals surface area contributed by atoms with Crippen molar-refractivity contribution in [3.05, 3.63) is 47.0 Å². The van der Waals surface area contributed by atoms with Gasteiger partial charge in [0, 0.05) is 19.2 Å². The van der Waals surface area contributed by atoms with E-state index >= 15 is 0 Å². The molecule has 1 aromatic carbocycles. The fraction of sp³-hybridized carbons (Fsp3) is 0.556. The number of carbonyl (C=O) groups is 4. The molecule has 2 aliphatic rings. The van der Waals surface area contributed by atoms with E-state index in [-0.39, 0.29) is 42.4 Å². The van der Waals surface area contributed by atoms with Crippen molar-refractivity contribution >= 4 is 24.2 Å². The number of amides is 3. The lowest BCUT2D eigenvalue weighted by molar-refractivity contribution is -0.158. The largest absolute Gasteiger partial charge is 0.456 e. The van der Waals surface area contributed by atoms with Gasteiger partial charge in [-0.25, -0.2) is 4.79 Å². The van der Waals surface area contributed by atoms with Crippen LogP contribution in [-0.2, 0) is 30.3 Å². The van der Waals surface area contributed by atoms with Crippen molar-refractivity contribution in [1.29, 1.82) is 0 Å². The molecule has 1 unspecified atom stereocenters. The van der Waals surface area contributed by atoms with E-state index in [0.29, 0.717) is 24.9 Å². The summed E-state index contributed by atoms with van der Waals surface area (Å²) in [6.07, 6.45) is 6.06. The number of rotatable bonds is 9. The first kappa shape index (κ1) is 26.4. The molecule has 0 spiro atoms. The molecule has 1 N–H and O–H groups in total. The predicted molar refractivity (Wildman–Crippen MR) is 132 cm³/mol. The lowest BCUT2D eigenvalue weighted by atomic mass is 9.89. The molecule has 8 nitrogen and oxygen atoms in total. The third kappa shape index (κ3) is 6.29. The molecule has 1 saturated heterocycles. The van der Waals surface area contributed by atoms with Crippen LogP contribution in [0.4, 0.5) is 0 Å². The lowest BCUT2D eigenvalue weighted by Crippen LogP contribution is -2.45. The fourth-order valence-corrected chi connectivity index (χ4v) is 5.03. The van der Waals surface area contributed by atoms with Gasteiger partial charge in [-0.1, -0.05) is 44.2 Å². The Morgan fingerprint density at radius 2 is 1.94 bits per heavy atom. The Bertz CT molecular complexity index is 973. The van der Waals surface area contributed by atoms with Gasteiger partial charge >= 0.3 is 5.97 Å². The zero-order chi connectivity index (χ0) is 25.5. The molecule has 1 aromatic rings. The van der Waals surface area contributed by atoms with E-state index < -0.39 is 6.04 Å². The Hall–Kier alpha value is -3.16. The summed E-state index contributed by atoms with van der Waals surface area (Å²) in [4.78, 5) is 52.6. The summed E-state index contributed by atoms with van der Waals surface area (Å²) in [7, 11) is 1.66. The lowest BCUT2D eigenvalue weighted by Gasteiger charge is -2.31. The molecule has 8 heteroatoms. The number of fused-ring (bicyclic) bond motifs is 1. The summed E-state index contributed by atoms with van der Waals surface area (Å²) < 4.78 is 5.95. The minimum Gasteiger partial charge on any atom is -0.456 e. The summed E-state index contributed by atoms with van der Waals surface area (Å²) in [5.41, 5.74) is 2.77. The maximum absolute atomic E-state index is 13.4. The number of hydrogen-bond acceptors (Lipinski definition) is 5. The maximum Gasteiger partial charge on any atom is 0.329 e. The number of nitrogens with zero attached hydrogens (tertiary/aromatic N) is 2. The Morgan fingerprint density at radius 3 is 2.66 bits per heavy atom. The smallest absolute Gasteiger partial charge is 0.329 e. The van der Waals surface area contributed by atoms with Crippen molar-refractivity contribution in [3.8, 4) is 0 Å². The zero-order valence-corrected chi connectivity index (χ0v) is 21.2. The third-order valence-corrected chi connectivity index (χ3v) is 6.98. The topological polar surface area (TPSA) is 96.0 Å². The number of aryl methyl sites for hydroxylation is 1. The van der Waals surface area contributed by atoms with Crippen LogP contribution in [0.15, 0.2) is 35.9 Å². The van der Waals surface area contributed by atoms with Gasteiger partial charge in [-0.2, -0.15) is 0 Å². The molecule has 190 valence electrons. The molecular formula is C27H37N3O5. The van der Waals surface area contributed by atoms with Gasteiger partial charge in [0.2, 0.25) is 18.2 Å².